The topological polar surface area (TPSA) is 36.4 Å². The van der Waals surface area contributed by atoms with Gasteiger partial charge in [-0.05, 0) is 43.7 Å². The highest BCUT2D eigenvalue weighted by Crippen LogP contribution is 2.24. The second kappa shape index (κ2) is 6.19. The second-order valence-electron chi connectivity index (χ2n) is 5.26. The van der Waals surface area contributed by atoms with Crippen molar-refractivity contribution in [1.82, 2.24) is 4.98 Å². The molecule has 1 N–H and O–H groups in total. The Morgan fingerprint density at radius 2 is 2.17 bits per heavy atom. The Labute approximate surface area is 110 Å². The van der Waals surface area contributed by atoms with Crippen molar-refractivity contribution in [2.45, 2.75) is 46.1 Å². The molecule has 1 aromatic heterocycles. The number of anilines is 1. The van der Waals surface area contributed by atoms with Gasteiger partial charge in [-0.3, -0.25) is 0 Å². The smallest absolute Gasteiger partial charge is 0.128 e. The van der Waals surface area contributed by atoms with Crippen molar-refractivity contribution >= 4 is 5.82 Å². The molecule has 0 spiro atoms. The molecule has 0 aliphatic carbocycles. The Morgan fingerprint density at radius 1 is 1.33 bits per heavy atom. The minimum absolute atomic E-state index is 0.0804. The fourth-order valence-electron chi connectivity index (χ4n) is 2.72. The third-order valence-electron chi connectivity index (χ3n) is 4.10. The molecule has 1 atom stereocenters. The van der Waals surface area contributed by atoms with Crippen LogP contribution in [0.15, 0.2) is 12.1 Å². The van der Waals surface area contributed by atoms with Gasteiger partial charge in [0.2, 0.25) is 0 Å². The number of pyridine rings is 1. The van der Waals surface area contributed by atoms with E-state index in [-0.39, 0.29) is 6.61 Å². The fourth-order valence-corrected chi connectivity index (χ4v) is 2.72. The maximum Gasteiger partial charge on any atom is 0.128 e. The molecule has 3 nitrogen and oxygen atoms in total. The summed E-state index contributed by atoms with van der Waals surface area (Å²) in [6.07, 6.45) is 5.18. The summed E-state index contributed by atoms with van der Waals surface area (Å²) in [4.78, 5) is 7.02. The third-order valence-corrected chi connectivity index (χ3v) is 4.10. The van der Waals surface area contributed by atoms with Gasteiger partial charge in [0, 0.05) is 18.8 Å². The normalized spacial score (nSPS) is 20.8. The summed E-state index contributed by atoms with van der Waals surface area (Å²) in [7, 11) is 0. The summed E-state index contributed by atoms with van der Waals surface area (Å²) >= 11 is 0. The van der Waals surface area contributed by atoms with Crippen LogP contribution in [0.3, 0.4) is 0 Å². The summed E-state index contributed by atoms with van der Waals surface area (Å²) in [5, 5.41) is 9.18. The summed E-state index contributed by atoms with van der Waals surface area (Å²) in [5.74, 6) is 1.95. The Kier molecular flexibility index (Phi) is 4.59. The molecule has 1 aromatic rings. The molecule has 0 aromatic carbocycles. The number of aliphatic hydroxyl groups is 1. The molecule has 1 saturated heterocycles. The molecule has 2 rings (SSSR count). The van der Waals surface area contributed by atoms with Gasteiger partial charge in [0.25, 0.3) is 0 Å². The highest BCUT2D eigenvalue weighted by Gasteiger charge is 2.17. The minimum atomic E-state index is 0.0804. The lowest BCUT2D eigenvalue weighted by Gasteiger charge is -2.22. The molecule has 1 unspecified atom stereocenters. The van der Waals surface area contributed by atoms with Crippen LogP contribution >= 0.6 is 0 Å². The third kappa shape index (κ3) is 3.02. The molecule has 1 fully saturated rings. The van der Waals surface area contributed by atoms with Crippen LogP contribution < -0.4 is 4.90 Å². The van der Waals surface area contributed by atoms with Gasteiger partial charge in [0.05, 0.1) is 6.61 Å². The first-order valence-electron chi connectivity index (χ1n) is 7.07. The molecule has 18 heavy (non-hydrogen) atoms. The largest absolute Gasteiger partial charge is 0.392 e. The van der Waals surface area contributed by atoms with Crippen LogP contribution in [-0.2, 0) is 6.61 Å². The molecule has 0 radical (unpaired) electrons. The van der Waals surface area contributed by atoms with Crippen molar-refractivity contribution in [3.05, 3.63) is 23.4 Å². The van der Waals surface area contributed by atoms with E-state index >= 15 is 0 Å². The molecule has 3 heteroatoms. The lowest BCUT2D eigenvalue weighted by Crippen LogP contribution is -2.25. The van der Waals surface area contributed by atoms with Gasteiger partial charge in [-0.2, -0.15) is 0 Å². The Hall–Kier alpha value is -1.09. The number of aryl methyl sites for hydroxylation is 1. The van der Waals surface area contributed by atoms with Crippen molar-refractivity contribution < 1.29 is 5.11 Å². The summed E-state index contributed by atoms with van der Waals surface area (Å²) in [6, 6.07) is 4.05. The van der Waals surface area contributed by atoms with Crippen molar-refractivity contribution in [3.8, 4) is 0 Å². The average Bonchev–Trinajstić information content (AvgIpc) is 2.63. The van der Waals surface area contributed by atoms with E-state index in [4.69, 9.17) is 0 Å². The van der Waals surface area contributed by atoms with E-state index < -0.39 is 0 Å². The summed E-state index contributed by atoms with van der Waals surface area (Å²) in [6.45, 7) is 6.57. The number of aromatic nitrogens is 1. The van der Waals surface area contributed by atoms with Gasteiger partial charge in [0.1, 0.15) is 5.82 Å². The monoisotopic (exact) mass is 248 g/mol. The second-order valence-corrected chi connectivity index (χ2v) is 5.26. The maximum atomic E-state index is 9.18. The first-order chi connectivity index (χ1) is 8.74. The summed E-state index contributed by atoms with van der Waals surface area (Å²) in [5.41, 5.74) is 1.88. The van der Waals surface area contributed by atoms with Crippen molar-refractivity contribution in [2.24, 2.45) is 5.92 Å². The molecular formula is C15H24N2O. The standard InChI is InChI=1S/C15H24N2O/c1-3-13-5-4-9-17(10-8-13)15-7-6-14(11-18)12(2)16-15/h6-7,13,18H,3-5,8-11H2,1-2H3. The van der Waals surface area contributed by atoms with Crippen LogP contribution in [0.2, 0.25) is 0 Å². The molecule has 1 aliphatic rings. The van der Waals surface area contributed by atoms with Gasteiger partial charge < -0.3 is 10.0 Å². The molecule has 0 bridgehead atoms. The van der Waals surface area contributed by atoms with Crippen LogP contribution in [0.5, 0.6) is 0 Å². The molecule has 100 valence electrons. The predicted octanol–water partition coefficient (Wildman–Crippen LogP) is 2.90. The zero-order valence-corrected chi connectivity index (χ0v) is 11.5. The average molecular weight is 248 g/mol. The Bertz CT molecular complexity index is 392. The van der Waals surface area contributed by atoms with E-state index in [1.54, 1.807) is 0 Å². The molecule has 0 saturated carbocycles. The first kappa shape index (κ1) is 13.3. The van der Waals surface area contributed by atoms with E-state index in [2.05, 4.69) is 16.8 Å². The Morgan fingerprint density at radius 3 is 2.83 bits per heavy atom. The SMILES string of the molecule is CCC1CCCN(c2ccc(CO)c(C)n2)CC1. The predicted molar refractivity (Wildman–Crippen MR) is 74.7 cm³/mol. The number of nitrogens with zero attached hydrogens (tertiary/aromatic N) is 2. The zero-order chi connectivity index (χ0) is 13.0. The molecule has 1 aliphatic heterocycles. The highest BCUT2D eigenvalue weighted by molar-refractivity contribution is 5.41. The van der Waals surface area contributed by atoms with E-state index in [1.165, 1.54) is 25.7 Å². The van der Waals surface area contributed by atoms with Crippen LogP contribution in [0.1, 0.15) is 43.9 Å². The molecule has 0 amide bonds. The highest BCUT2D eigenvalue weighted by atomic mass is 16.3. The van der Waals surface area contributed by atoms with Crippen LogP contribution in [0.4, 0.5) is 5.82 Å². The van der Waals surface area contributed by atoms with Crippen LogP contribution in [0.25, 0.3) is 0 Å². The summed E-state index contributed by atoms with van der Waals surface area (Å²) < 4.78 is 0. The van der Waals surface area contributed by atoms with Gasteiger partial charge in [-0.1, -0.05) is 19.4 Å². The van der Waals surface area contributed by atoms with Gasteiger partial charge in [-0.15, -0.1) is 0 Å². The lowest BCUT2D eigenvalue weighted by molar-refractivity contribution is 0.280. The quantitative estimate of drug-likeness (QED) is 0.893. The van der Waals surface area contributed by atoms with E-state index in [9.17, 15) is 5.11 Å². The van der Waals surface area contributed by atoms with Crippen LogP contribution in [-0.4, -0.2) is 23.2 Å². The number of hydrogen-bond donors (Lipinski definition) is 1. The first-order valence-corrected chi connectivity index (χ1v) is 7.07. The van der Waals surface area contributed by atoms with Crippen molar-refractivity contribution in [1.29, 1.82) is 0 Å². The van der Waals surface area contributed by atoms with E-state index in [1.807, 2.05) is 19.1 Å². The van der Waals surface area contributed by atoms with Gasteiger partial charge >= 0.3 is 0 Å². The Balaban J connectivity index is 2.09. The number of rotatable bonds is 3. The van der Waals surface area contributed by atoms with E-state index in [0.29, 0.717) is 0 Å². The molecular weight excluding hydrogens is 224 g/mol. The van der Waals surface area contributed by atoms with E-state index in [0.717, 1.165) is 36.1 Å². The zero-order valence-electron chi connectivity index (χ0n) is 11.5. The van der Waals surface area contributed by atoms with Gasteiger partial charge in [0.15, 0.2) is 0 Å². The van der Waals surface area contributed by atoms with Crippen LogP contribution in [0, 0.1) is 12.8 Å². The number of hydrogen-bond acceptors (Lipinski definition) is 3. The number of aliphatic hydroxyl groups excluding tert-OH is 1. The van der Waals surface area contributed by atoms with Crippen molar-refractivity contribution in [2.75, 3.05) is 18.0 Å². The lowest BCUT2D eigenvalue weighted by atomic mass is 9.98. The molecule has 2 heterocycles. The fraction of sp³-hybridized carbons (Fsp3) is 0.667. The maximum absolute atomic E-state index is 9.18. The minimum Gasteiger partial charge on any atom is -0.392 e. The van der Waals surface area contributed by atoms with Gasteiger partial charge in [-0.25, -0.2) is 4.98 Å². The van der Waals surface area contributed by atoms with Crippen molar-refractivity contribution in [3.63, 3.8) is 0 Å².